The van der Waals surface area contributed by atoms with E-state index in [9.17, 15) is 0 Å². The summed E-state index contributed by atoms with van der Waals surface area (Å²) in [4.78, 5) is 1.27. The van der Waals surface area contributed by atoms with E-state index < -0.39 is 0 Å². The van der Waals surface area contributed by atoms with E-state index in [-0.39, 0.29) is 6.04 Å². The molecule has 0 bridgehead atoms. The van der Waals surface area contributed by atoms with Gasteiger partial charge in [0.15, 0.2) is 0 Å². The quantitative estimate of drug-likeness (QED) is 0.863. The fraction of sp³-hybridized carbons (Fsp3) is 0.333. The predicted octanol–water partition coefficient (Wildman–Crippen LogP) is 4.11. The van der Waals surface area contributed by atoms with Crippen molar-refractivity contribution in [2.24, 2.45) is 5.73 Å². The standard InChI is InChI=1S/C18H21NOS/c1-13-7-9-15(10-8-13)21-12-17(19)16-6-2-4-14-5-3-11-20-18(14)16/h2,4,6-10,17H,3,5,11-12,19H2,1H3. The van der Waals surface area contributed by atoms with Crippen molar-refractivity contribution in [3.05, 3.63) is 59.2 Å². The molecule has 1 heterocycles. The first-order valence-electron chi connectivity index (χ1n) is 7.43. The van der Waals surface area contributed by atoms with E-state index in [0.29, 0.717) is 0 Å². The van der Waals surface area contributed by atoms with Crippen molar-refractivity contribution >= 4 is 11.8 Å². The third-order valence-corrected chi connectivity index (χ3v) is 4.95. The number of benzene rings is 2. The van der Waals surface area contributed by atoms with Gasteiger partial charge in [0.2, 0.25) is 0 Å². The molecule has 2 aromatic rings. The SMILES string of the molecule is Cc1ccc(SCC(N)c2cccc3c2OCCC3)cc1. The molecule has 2 aromatic carbocycles. The Morgan fingerprint density at radius 2 is 2.00 bits per heavy atom. The minimum Gasteiger partial charge on any atom is -0.493 e. The van der Waals surface area contributed by atoms with Gasteiger partial charge in [0.1, 0.15) is 5.75 Å². The number of aryl methyl sites for hydroxylation is 2. The molecule has 0 aromatic heterocycles. The Kier molecular flexibility index (Phi) is 4.51. The molecule has 3 rings (SSSR count). The first kappa shape index (κ1) is 14.5. The molecule has 0 radical (unpaired) electrons. The summed E-state index contributed by atoms with van der Waals surface area (Å²) in [5.74, 6) is 1.89. The second-order valence-corrected chi connectivity index (χ2v) is 6.61. The normalized spacial score (nSPS) is 15.1. The third-order valence-electron chi connectivity index (χ3n) is 3.81. The monoisotopic (exact) mass is 299 g/mol. The summed E-state index contributed by atoms with van der Waals surface area (Å²) in [5.41, 5.74) is 10.1. The Bertz CT molecular complexity index is 609. The maximum Gasteiger partial charge on any atom is 0.127 e. The Balaban J connectivity index is 1.70. The molecule has 1 aliphatic rings. The Hall–Kier alpha value is -1.45. The lowest BCUT2D eigenvalue weighted by atomic mass is 9.99. The highest BCUT2D eigenvalue weighted by Crippen LogP contribution is 2.34. The molecule has 2 nitrogen and oxygen atoms in total. The van der Waals surface area contributed by atoms with Crippen LogP contribution in [0.25, 0.3) is 0 Å². The molecule has 2 N–H and O–H groups in total. The topological polar surface area (TPSA) is 35.2 Å². The number of fused-ring (bicyclic) bond motifs is 1. The lowest BCUT2D eigenvalue weighted by Crippen LogP contribution is -2.18. The van der Waals surface area contributed by atoms with E-state index in [1.807, 2.05) is 0 Å². The molecule has 0 saturated carbocycles. The summed E-state index contributed by atoms with van der Waals surface area (Å²) in [6, 6.07) is 14.9. The lowest BCUT2D eigenvalue weighted by molar-refractivity contribution is 0.284. The number of thioether (sulfide) groups is 1. The van der Waals surface area contributed by atoms with Gasteiger partial charge in [0, 0.05) is 22.3 Å². The lowest BCUT2D eigenvalue weighted by Gasteiger charge is -2.23. The van der Waals surface area contributed by atoms with Gasteiger partial charge in [0.25, 0.3) is 0 Å². The van der Waals surface area contributed by atoms with Crippen molar-refractivity contribution < 1.29 is 4.74 Å². The summed E-state index contributed by atoms with van der Waals surface area (Å²) in [6.07, 6.45) is 2.20. The number of rotatable bonds is 4. The summed E-state index contributed by atoms with van der Waals surface area (Å²) >= 11 is 1.80. The molecule has 0 aliphatic carbocycles. The average Bonchev–Trinajstić information content (AvgIpc) is 2.53. The highest BCUT2D eigenvalue weighted by molar-refractivity contribution is 7.99. The molecule has 0 spiro atoms. The van der Waals surface area contributed by atoms with Gasteiger partial charge in [-0.05, 0) is 37.5 Å². The van der Waals surface area contributed by atoms with Crippen LogP contribution in [0.3, 0.4) is 0 Å². The minimum atomic E-state index is 0.00403. The molecule has 1 atom stereocenters. The number of para-hydroxylation sites is 1. The van der Waals surface area contributed by atoms with Crippen LogP contribution < -0.4 is 10.5 Å². The van der Waals surface area contributed by atoms with Crippen LogP contribution in [0.5, 0.6) is 5.75 Å². The molecule has 0 amide bonds. The van der Waals surface area contributed by atoms with Gasteiger partial charge in [-0.1, -0.05) is 35.9 Å². The van der Waals surface area contributed by atoms with Gasteiger partial charge in [0.05, 0.1) is 6.61 Å². The summed E-state index contributed by atoms with van der Waals surface area (Å²) in [7, 11) is 0. The maximum atomic E-state index is 6.40. The van der Waals surface area contributed by atoms with Crippen LogP contribution in [0.15, 0.2) is 47.4 Å². The second kappa shape index (κ2) is 6.54. The molecule has 1 aliphatic heterocycles. The zero-order chi connectivity index (χ0) is 14.7. The van der Waals surface area contributed by atoms with Gasteiger partial charge in [-0.3, -0.25) is 0 Å². The molecule has 110 valence electrons. The molecule has 21 heavy (non-hydrogen) atoms. The van der Waals surface area contributed by atoms with Gasteiger partial charge >= 0.3 is 0 Å². The second-order valence-electron chi connectivity index (χ2n) is 5.52. The molecule has 0 fully saturated rings. The Labute approximate surface area is 130 Å². The minimum absolute atomic E-state index is 0.00403. The van der Waals surface area contributed by atoms with Gasteiger partial charge in [-0.25, -0.2) is 0 Å². The van der Waals surface area contributed by atoms with Crippen molar-refractivity contribution in [2.45, 2.75) is 30.7 Å². The molecule has 3 heteroatoms. The van der Waals surface area contributed by atoms with Gasteiger partial charge < -0.3 is 10.5 Å². The van der Waals surface area contributed by atoms with E-state index in [1.165, 1.54) is 16.0 Å². The van der Waals surface area contributed by atoms with Crippen molar-refractivity contribution in [3.8, 4) is 5.75 Å². The van der Waals surface area contributed by atoms with Crippen LogP contribution in [0.2, 0.25) is 0 Å². The first-order chi connectivity index (χ1) is 10.2. The van der Waals surface area contributed by atoms with Crippen molar-refractivity contribution in [1.29, 1.82) is 0 Å². The molecule has 0 saturated heterocycles. The van der Waals surface area contributed by atoms with Crippen molar-refractivity contribution in [3.63, 3.8) is 0 Å². The van der Waals surface area contributed by atoms with Crippen LogP contribution in [0.1, 0.15) is 29.2 Å². The zero-order valence-corrected chi connectivity index (χ0v) is 13.2. The van der Waals surface area contributed by atoms with Crippen LogP contribution in [0.4, 0.5) is 0 Å². The van der Waals surface area contributed by atoms with Crippen LogP contribution >= 0.6 is 11.8 Å². The fourth-order valence-electron chi connectivity index (χ4n) is 2.62. The highest BCUT2D eigenvalue weighted by atomic mass is 32.2. The van der Waals surface area contributed by atoms with E-state index in [2.05, 4.69) is 49.4 Å². The molecule has 1 unspecified atom stereocenters. The van der Waals surface area contributed by atoms with E-state index in [0.717, 1.165) is 36.5 Å². The largest absolute Gasteiger partial charge is 0.493 e. The number of ether oxygens (including phenoxy) is 1. The zero-order valence-electron chi connectivity index (χ0n) is 12.3. The average molecular weight is 299 g/mol. The van der Waals surface area contributed by atoms with Crippen LogP contribution in [-0.2, 0) is 6.42 Å². The molecular formula is C18H21NOS. The third kappa shape index (κ3) is 3.42. The smallest absolute Gasteiger partial charge is 0.127 e. The Morgan fingerprint density at radius 1 is 1.19 bits per heavy atom. The molecular weight excluding hydrogens is 278 g/mol. The van der Waals surface area contributed by atoms with E-state index >= 15 is 0 Å². The highest BCUT2D eigenvalue weighted by Gasteiger charge is 2.18. The number of hydrogen-bond acceptors (Lipinski definition) is 3. The van der Waals surface area contributed by atoms with E-state index in [4.69, 9.17) is 10.5 Å². The summed E-state index contributed by atoms with van der Waals surface area (Å²) in [6.45, 7) is 2.91. The number of nitrogens with two attached hydrogens (primary N) is 1. The van der Waals surface area contributed by atoms with E-state index in [1.54, 1.807) is 11.8 Å². The van der Waals surface area contributed by atoms with Crippen LogP contribution in [-0.4, -0.2) is 12.4 Å². The summed E-state index contributed by atoms with van der Waals surface area (Å²) < 4.78 is 5.85. The van der Waals surface area contributed by atoms with Gasteiger partial charge in [-0.15, -0.1) is 11.8 Å². The van der Waals surface area contributed by atoms with Crippen molar-refractivity contribution in [2.75, 3.05) is 12.4 Å². The van der Waals surface area contributed by atoms with Crippen LogP contribution in [0, 0.1) is 6.92 Å². The fourth-order valence-corrected chi connectivity index (χ4v) is 3.50. The number of hydrogen-bond donors (Lipinski definition) is 1. The Morgan fingerprint density at radius 3 is 2.81 bits per heavy atom. The maximum absolute atomic E-state index is 6.40. The predicted molar refractivity (Wildman–Crippen MR) is 89.1 cm³/mol. The van der Waals surface area contributed by atoms with Gasteiger partial charge in [-0.2, -0.15) is 0 Å². The summed E-state index contributed by atoms with van der Waals surface area (Å²) in [5, 5.41) is 0. The van der Waals surface area contributed by atoms with Crippen molar-refractivity contribution in [1.82, 2.24) is 0 Å². The first-order valence-corrected chi connectivity index (χ1v) is 8.42.